The lowest BCUT2D eigenvalue weighted by Gasteiger charge is -2.21. The maximum atomic E-state index is 12.4. The van der Waals surface area contributed by atoms with E-state index in [0.717, 1.165) is 16.9 Å². The van der Waals surface area contributed by atoms with Crippen LogP contribution in [0.5, 0.6) is 5.75 Å². The molecule has 0 aliphatic carbocycles. The fourth-order valence-electron chi connectivity index (χ4n) is 2.37. The van der Waals surface area contributed by atoms with Gasteiger partial charge in [0.1, 0.15) is 12.4 Å². The van der Waals surface area contributed by atoms with E-state index < -0.39 is 17.5 Å². The summed E-state index contributed by atoms with van der Waals surface area (Å²) in [6.45, 7) is 0.0158. The number of benzene rings is 2. The van der Waals surface area contributed by atoms with Crippen LogP contribution in [0.25, 0.3) is 0 Å². The van der Waals surface area contributed by atoms with E-state index >= 15 is 0 Å². The molecule has 27 heavy (non-hydrogen) atoms. The Balaban J connectivity index is 2.06. The van der Waals surface area contributed by atoms with Crippen molar-refractivity contribution in [3.8, 4) is 5.75 Å². The van der Waals surface area contributed by atoms with Gasteiger partial charge in [-0.05, 0) is 35.8 Å². The van der Waals surface area contributed by atoms with Crippen molar-refractivity contribution >= 4 is 11.9 Å². The highest BCUT2D eigenvalue weighted by Crippen LogP contribution is 2.15. The first kappa shape index (κ1) is 20.2. The first-order chi connectivity index (χ1) is 13.0. The molecule has 6 nitrogen and oxygen atoms in total. The average molecular weight is 369 g/mol. The zero-order valence-corrected chi connectivity index (χ0v) is 15.4. The van der Waals surface area contributed by atoms with Crippen LogP contribution in [-0.2, 0) is 32.1 Å². The number of ether oxygens (including phenoxy) is 3. The summed E-state index contributed by atoms with van der Waals surface area (Å²) in [6.07, 6.45) is 3.44. The van der Waals surface area contributed by atoms with Crippen LogP contribution in [0.2, 0.25) is 0 Å². The summed E-state index contributed by atoms with van der Waals surface area (Å²) in [5.41, 5.74) is 5.77. The summed E-state index contributed by atoms with van der Waals surface area (Å²) in [4.78, 5) is 24.5. The Labute approximate surface area is 158 Å². The number of allylic oxidation sites excluding steroid dienone is 1. The van der Waals surface area contributed by atoms with Crippen LogP contribution in [0, 0.1) is 0 Å². The molecule has 0 radical (unpaired) electrons. The second-order valence-electron chi connectivity index (χ2n) is 5.88. The predicted molar refractivity (Wildman–Crippen MR) is 101 cm³/mol. The number of esters is 2. The van der Waals surface area contributed by atoms with Gasteiger partial charge in [0, 0.05) is 0 Å². The largest absolute Gasteiger partial charge is 0.497 e. The molecule has 2 N–H and O–H groups in total. The molecule has 0 saturated heterocycles. The van der Waals surface area contributed by atoms with Gasteiger partial charge < -0.3 is 19.9 Å². The maximum Gasteiger partial charge on any atom is 0.342 e. The Hall–Kier alpha value is -3.12. The van der Waals surface area contributed by atoms with Crippen molar-refractivity contribution in [3.63, 3.8) is 0 Å². The minimum Gasteiger partial charge on any atom is -0.497 e. The van der Waals surface area contributed by atoms with Gasteiger partial charge in [0.05, 0.1) is 14.2 Å². The summed E-state index contributed by atoms with van der Waals surface area (Å²) in [5.74, 6) is -1.01. The first-order valence-corrected chi connectivity index (χ1v) is 8.38. The van der Waals surface area contributed by atoms with E-state index in [2.05, 4.69) is 4.74 Å². The van der Waals surface area contributed by atoms with E-state index in [9.17, 15) is 9.59 Å². The smallest absolute Gasteiger partial charge is 0.342 e. The number of nitrogens with two attached hydrogens (primary N) is 1. The predicted octanol–water partition coefficient (Wildman–Crippen LogP) is 2.41. The Morgan fingerprint density at radius 2 is 1.63 bits per heavy atom. The normalized spacial score (nSPS) is 13.0. The Morgan fingerprint density at radius 1 is 0.963 bits per heavy atom. The van der Waals surface area contributed by atoms with Gasteiger partial charge >= 0.3 is 11.9 Å². The highest BCUT2D eigenvalue weighted by atomic mass is 16.6. The molecule has 6 heteroatoms. The number of hydrogen-bond donors (Lipinski definition) is 1. The number of carbonyl (C=O) groups excluding carboxylic acids is 2. The molecule has 0 aliphatic heterocycles. The molecule has 2 aromatic rings. The summed E-state index contributed by atoms with van der Waals surface area (Å²) in [6, 6.07) is 16.5. The molecule has 2 rings (SSSR count). The van der Waals surface area contributed by atoms with E-state index in [0.29, 0.717) is 6.42 Å². The Bertz CT molecular complexity index is 786. The summed E-state index contributed by atoms with van der Waals surface area (Å²) in [5, 5.41) is 0. The van der Waals surface area contributed by atoms with Gasteiger partial charge in [-0.3, -0.25) is 0 Å². The second kappa shape index (κ2) is 9.54. The topological polar surface area (TPSA) is 87.9 Å². The SMILES string of the molecule is COC(=O)C(N)(C=CCc1ccc(OC)cc1)C(=O)OCc1ccccc1. The minimum absolute atomic E-state index is 0.0158. The van der Waals surface area contributed by atoms with Gasteiger partial charge in [0.15, 0.2) is 0 Å². The zero-order chi connectivity index (χ0) is 19.7. The van der Waals surface area contributed by atoms with Gasteiger partial charge in [-0.1, -0.05) is 48.5 Å². The molecule has 1 unspecified atom stereocenters. The molecule has 2 aromatic carbocycles. The molecule has 142 valence electrons. The standard InChI is InChI=1S/C21H23NO5/c1-25-18-12-10-16(11-13-18)9-6-14-21(22,19(23)26-2)20(24)27-15-17-7-4-3-5-8-17/h3-8,10-14H,9,15,22H2,1-2H3. The van der Waals surface area contributed by atoms with Gasteiger partial charge in [0.25, 0.3) is 0 Å². The molecule has 0 aliphatic rings. The molecule has 1 atom stereocenters. The molecular formula is C21H23NO5. The van der Waals surface area contributed by atoms with E-state index in [1.54, 1.807) is 13.2 Å². The first-order valence-electron chi connectivity index (χ1n) is 8.38. The maximum absolute atomic E-state index is 12.4. The van der Waals surface area contributed by atoms with Crippen molar-refractivity contribution in [1.82, 2.24) is 0 Å². The van der Waals surface area contributed by atoms with Crippen molar-refractivity contribution in [1.29, 1.82) is 0 Å². The van der Waals surface area contributed by atoms with E-state index in [1.165, 1.54) is 13.2 Å². The quantitative estimate of drug-likeness (QED) is 0.437. The number of methoxy groups -OCH3 is 2. The van der Waals surface area contributed by atoms with Gasteiger partial charge in [-0.2, -0.15) is 0 Å². The van der Waals surface area contributed by atoms with Crippen molar-refractivity contribution in [2.24, 2.45) is 5.73 Å². The lowest BCUT2D eigenvalue weighted by atomic mass is 9.99. The highest BCUT2D eigenvalue weighted by molar-refractivity contribution is 6.07. The summed E-state index contributed by atoms with van der Waals surface area (Å²) >= 11 is 0. The van der Waals surface area contributed by atoms with E-state index in [4.69, 9.17) is 15.2 Å². The van der Waals surface area contributed by atoms with Gasteiger partial charge in [0.2, 0.25) is 5.54 Å². The molecule has 0 aromatic heterocycles. The summed E-state index contributed by atoms with van der Waals surface area (Å²) < 4.78 is 15.0. The fourth-order valence-corrected chi connectivity index (χ4v) is 2.37. The van der Waals surface area contributed by atoms with Crippen LogP contribution in [-0.4, -0.2) is 31.7 Å². The van der Waals surface area contributed by atoms with Crippen LogP contribution in [0.3, 0.4) is 0 Å². The highest BCUT2D eigenvalue weighted by Gasteiger charge is 2.42. The lowest BCUT2D eigenvalue weighted by molar-refractivity contribution is -0.160. The third-order valence-electron chi connectivity index (χ3n) is 3.97. The lowest BCUT2D eigenvalue weighted by Crippen LogP contribution is -2.54. The number of carbonyl (C=O) groups is 2. The molecule has 0 amide bonds. The van der Waals surface area contributed by atoms with E-state index in [1.807, 2.05) is 54.6 Å². The van der Waals surface area contributed by atoms with Crippen LogP contribution < -0.4 is 10.5 Å². The van der Waals surface area contributed by atoms with Crippen molar-refractivity contribution in [2.45, 2.75) is 18.6 Å². The Morgan fingerprint density at radius 3 is 2.22 bits per heavy atom. The molecule has 0 heterocycles. The van der Waals surface area contributed by atoms with Gasteiger partial charge in [-0.15, -0.1) is 0 Å². The fraction of sp³-hybridized carbons (Fsp3) is 0.238. The third-order valence-corrected chi connectivity index (χ3v) is 3.97. The zero-order valence-electron chi connectivity index (χ0n) is 15.4. The van der Waals surface area contributed by atoms with Crippen LogP contribution >= 0.6 is 0 Å². The molecular weight excluding hydrogens is 346 g/mol. The number of hydrogen-bond acceptors (Lipinski definition) is 6. The third kappa shape index (κ3) is 5.43. The van der Waals surface area contributed by atoms with Crippen molar-refractivity contribution < 1.29 is 23.8 Å². The molecule has 0 bridgehead atoms. The van der Waals surface area contributed by atoms with E-state index in [-0.39, 0.29) is 6.61 Å². The molecule has 0 spiro atoms. The van der Waals surface area contributed by atoms with Crippen molar-refractivity contribution in [2.75, 3.05) is 14.2 Å². The minimum atomic E-state index is -2.00. The van der Waals surface area contributed by atoms with Crippen LogP contribution in [0.4, 0.5) is 0 Å². The Kier molecular flexibility index (Phi) is 7.14. The van der Waals surface area contributed by atoms with Crippen LogP contribution in [0.1, 0.15) is 11.1 Å². The van der Waals surface area contributed by atoms with Gasteiger partial charge in [-0.25, -0.2) is 9.59 Å². The second-order valence-corrected chi connectivity index (χ2v) is 5.88. The average Bonchev–Trinajstić information content (AvgIpc) is 2.72. The molecule has 0 fully saturated rings. The monoisotopic (exact) mass is 369 g/mol. The van der Waals surface area contributed by atoms with Crippen LogP contribution in [0.15, 0.2) is 66.7 Å². The van der Waals surface area contributed by atoms with Crippen molar-refractivity contribution in [3.05, 3.63) is 77.9 Å². The number of rotatable bonds is 8. The summed E-state index contributed by atoms with van der Waals surface area (Å²) in [7, 11) is 2.76. The molecule has 0 saturated carbocycles.